The van der Waals surface area contributed by atoms with Gasteiger partial charge in [0.15, 0.2) is 0 Å². The Morgan fingerprint density at radius 1 is 1.33 bits per heavy atom. The van der Waals surface area contributed by atoms with Crippen LogP contribution in [0.2, 0.25) is 5.02 Å². The van der Waals surface area contributed by atoms with Crippen LogP contribution in [-0.2, 0) is 0 Å². The molecule has 1 N–H and O–H groups in total. The predicted octanol–water partition coefficient (Wildman–Crippen LogP) is 4.17. The number of halogens is 2. The third-order valence-electron chi connectivity index (χ3n) is 4.06. The summed E-state index contributed by atoms with van der Waals surface area (Å²) in [5.74, 6) is -0.185. The largest absolute Gasteiger partial charge is 0.314 e. The fraction of sp³-hybridized carbons (Fsp3) is 0.529. The lowest BCUT2D eigenvalue weighted by molar-refractivity contribution is 0.160. The summed E-state index contributed by atoms with van der Waals surface area (Å²) in [6, 6.07) is 5.05. The first-order valence-electron chi connectivity index (χ1n) is 7.73. The van der Waals surface area contributed by atoms with Crippen LogP contribution in [-0.4, -0.2) is 31.1 Å². The number of piperazine rings is 1. The smallest absolute Gasteiger partial charge is 0.129 e. The standard InChI is InChI=1S/C17H24ClFN2/c1-2-3-4-5-9-16(21-12-10-20-11-13-21)17-14(18)7-6-8-15(17)19/h2,6-8,16,20H,1,3-5,9-13H2/t16-/m0/s1. The molecule has 0 spiro atoms. The molecule has 2 nitrogen and oxygen atoms in total. The van der Waals surface area contributed by atoms with E-state index in [4.69, 9.17) is 11.6 Å². The van der Waals surface area contributed by atoms with Crippen LogP contribution in [0.4, 0.5) is 4.39 Å². The lowest BCUT2D eigenvalue weighted by Crippen LogP contribution is -2.45. The highest BCUT2D eigenvalue weighted by Gasteiger charge is 2.26. The summed E-state index contributed by atoms with van der Waals surface area (Å²) >= 11 is 6.29. The average molecular weight is 311 g/mol. The molecular formula is C17H24ClFN2. The van der Waals surface area contributed by atoms with Gasteiger partial charge in [0.05, 0.1) is 0 Å². The zero-order chi connectivity index (χ0) is 15.1. The van der Waals surface area contributed by atoms with E-state index in [2.05, 4.69) is 16.8 Å². The van der Waals surface area contributed by atoms with Gasteiger partial charge in [-0.05, 0) is 31.4 Å². The Kier molecular flexibility index (Phi) is 6.68. The van der Waals surface area contributed by atoms with Crippen LogP contribution in [0.25, 0.3) is 0 Å². The Morgan fingerprint density at radius 2 is 2.10 bits per heavy atom. The number of rotatable bonds is 7. The molecule has 0 aliphatic carbocycles. The van der Waals surface area contributed by atoms with E-state index in [0.717, 1.165) is 51.9 Å². The third kappa shape index (κ3) is 4.53. The van der Waals surface area contributed by atoms with E-state index in [-0.39, 0.29) is 11.9 Å². The van der Waals surface area contributed by atoms with Gasteiger partial charge >= 0.3 is 0 Å². The number of hydrogen-bond acceptors (Lipinski definition) is 2. The molecule has 1 saturated heterocycles. The summed E-state index contributed by atoms with van der Waals surface area (Å²) in [5, 5.41) is 3.89. The van der Waals surface area contributed by atoms with Gasteiger partial charge in [-0.2, -0.15) is 0 Å². The summed E-state index contributed by atoms with van der Waals surface area (Å²) in [4.78, 5) is 2.36. The van der Waals surface area contributed by atoms with Crippen LogP contribution >= 0.6 is 11.6 Å². The predicted molar refractivity (Wildman–Crippen MR) is 87.3 cm³/mol. The maximum atomic E-state index is 14.3. The van der Waals surface area contributed by atoms with Crippen LogP contribution in [0, 0.1) is 5.82 Å². The van der Waals surface area contributed by atoms with E-state index in [0.29, 0.717) is 10.6 Å². The molecule has 1 aliphatic heterocycles. The molecule has 1 aliphatic rings. The lowest BCUT2D eigenvalue weighted by Gasteiger charge is -2.36. The number of unbranched alkanes of at least 4 members (excludes halogenated alkanes) is 2. The lowest BCUT2D eigenvalue weighted by atomic mass is 9.97. The zero-order valence-electron chi connectivity index (χ0n) is 12.5. The molecule has 0 saturated carbocycles. The van der Waals surface area contributed by atoms with Gasteiger partial charge in [0, 0.05) is 42.8 Å². The average Bonchev–Trinajstić information content (AvgIpc) is 2.50. The Bertz CT molecular complexity index is 438. The highest BCUT2D eigenvalue weighted by atomic mass is 35.5. The van der Waals surface area contributed by atoms with Gasteiger partial charge in [0.2, 0.25) is 0 Å². The van der Waals surface area contributed by atoms with Gasteiger partial charge in [-0.3, -0.25) is 4.90 Å². The zero-order valence-corrected chi connectivity index (χ0v) is 13.2. The second-order valence-corrected chi connectivity index (χ2v) is 5.92. The highest BCUT2D eigenvalue weighted by Crippen LogP contribution is 2.34. The number of nitrogens with one attached hydrogen (secondary N) is 1. The SMILES string of the molecule is C=CCCCC[C@@H](c1c(F)cccc1Cl)N1CCNCC1. The van der Waals surface area contributed by atoms with Gasteiger partial charge in [-0.25, -0.2) is 4.39 Å². The first-order chi connectivity index (χ1) is 10.2. The van der Waals surface area contributed by atoms with Crippen molar-refractivity contribution in [3.05, 3.63) is 47.3 Å². The molecule has 1 aromatic carbocycles. The van der Waals surface area contributed by atoms with Crippen molar-refractivity contribution >= 4 is 11.6 Å². The highest BCUT2D eigenvalue weighted by molar-refractivity contribution is 6.31. The van der Waals surface area contributed by atoms with Crippen molar-refractivity contribution in [1.82, 2.24) is 10.2 Å². The molecule has 0 radical (unpaired) electrons. The van der Waals surface area contributed by atoms with E-state index in [1.54, 1.807) is 12.1 Å². The fourth-order valence-electron chi connectivity index (χ4n) is 2.96. The number of nitrogens with zero attached hydrogens (tertiary/aromatic N) is 1. The Hall–Kier alpha value is -0.900. The van der Waals surface area contributed by atoms with Crippen molar-refractivity contribution < 1.29 is 4.39 Å². The molecule has 116 valence electrons. The molecule has 1 heterocycles. The maximum absolute atomic E-state index is 14.3. The van der Waals surface area contributed by atoms with Gasteiger partial charge in [0.1, 0.15) is 5.82 Å². The van der Waals surface area contributed by atoms with Crippen molar-refractivity contribution in [2.24, 2.45) is 0 Å². The van der Waals surface area contributed by atoms with E-state index >= 15 is 0 Å². The fourth-order valence-corrected chi connectivity index (χ4v) is 3.25. The van der Waals surface area contributed by atoms with E-state index < -0.39 is 0 Å². The van der Waals surface area contributed by atoms with Crippen LogP contribution in [0.3, 0.4) is 0 Å². The van der Waals surface area contributed by atoms with E-state index in [9.17, 15) is 4.39 Å². The van der Waals surface area contributed by atoms with Crippen molar-refractivity contribution in [2.75, 3.05) is 26.2 Å². The van der Waals surface area contributed by atoms with Crippen molar-refractivity contribution in [3.8, 4) is 0 Å². The summed E-state index contributed by atoms with van der Waals surface area (Å²) in [7, 11) is 0. The number of benzene rings is 1. The normalized spacial score (nSPS) is 17.6. The summed E-state index contributed by atoms with van der Waals surface area (Å²) in [6.45, 7) is 7.54. The van der Waals surface area contributed by atoms with Crippen LogP contribution in [0.5, 0.6) is 0 Å². The molecule has 2 rings (SSSR count). The van der Waals surface area contributed by atoms with E-state index in [1.807, 2.05) is 6.08 Å². The summed E-state index contributed by atoms with van der Waals surface area (Å²) < 4.78 is 14.3. The number of allylic oxidation sites excluding steroid dienone is 1. The van der Waals surface area contributed by atoms with Gasteiger partial charge in [-0.1, -0.05) is 30.2 Å². The molecule has 21 heavy (non-hydrogen) atoms. The molecular weight excluding hydrogens is 287 g/mol. The molecule has 1 atom stereocenters. The third-order valence-corrected chi connectivity index (χ3v) is 4.39. The quantitative estimate of drug-likeness (QED) is 0.600. The van der Waals surface area contributed by atoms with Crippen LogP contribution in [0.1, 0.15) is 37.3 Å². The molecule has 0 aromatic heterocycles. The van der Waals surface area contributed by atoms with Crippen LogP contribution in [0.15, 0.2) is 30.9 Å². The minimum absolute atomic E-state index is 0.0746. The van der Waals surface area contributed by atoms with Crippen molar-refractivity contribution in [2.45, 2.75) is 31.7 Å². The Balaban J connectivity index is 2.15. The molecule has 0 bridgehead atoms. The molecule has 1 fully saturated rings. The van der Waals surface area contributed by atoms with Crippen molar-refractivity contribution in [3.63, 3.8) is 0 Å². The second kappa shape index (κ2) is 8.52. The molecule has 1 aromatic rings. The first-order valence-corrected chi connectivity index (χ1v) is 8.11. The summed E-state index contributed by atoms with van der Waals surface area (Å²) in [5.41, 5.74) is 0.666. The van der Waals surface area contributed by atoms with E-state index in [1.165, 1.54) is 6.07 Å². The monoisotopic (exact) mass is 310 g/mol. The second-order valence-electron chi connectivity index (χ2n) is 5.51. The number of hydrogen-bond donors (Lipinski definition) is 1. The van der Waals surface area contributed by atoms with Gasteiger partial charge in [0.25, 0.3) is 0 Å². The van der Waals surface area contributed by atoms with Crippen molar-refractivity contribution in [1.29, 1.82) is 0 Å². The Morgan fingerprint density at radius 3 is 2.76 bits per heavy atom. The molecule has 0 unspecified atom stereocenters. The Labute approximate surface area is 132 Å². The van der Waals surface area contributed by atoms with Gasteiger partial charge in [-0.15, -0.1) is 6.58 Å². The summed E-state index contributed by atoms with van der Waals surface area (Å²) in [6.07, 6.45) is 6.05. The van der Waals surface area contributed by atoms with Gasteiger partial charge < -0.3 is 5.32 Å². The topological polar surface area (TPSA) is 15.3 Å². The van der Waals surface area contributed by atoms with Crippen LogP contribution < -0.4 is 5.32 Å². The minimum Gasteiger partial charge on any atom is -0.314 e. The maximum Gasteiger partial charge on any atom is 0.129 e. The minimum atomic E-state index is -0.185. The first kappa shape index (κ1) is 16.5. The molecule has 0 amide bonds. The molecule has 4 heteroatoms.